The molecular weight excluding hydrogens is 500 g/mol. The van der Waals surface area contributed by atoms with Crippen LogP contribution in [0.25, 0.3) is 10.9 Å². The maximum atomic E-state index is 14.1. The standard InChI is InChI=1S/C29H37ClN4O2Si/c1-29(2,3)37(4,5)36-24-11-7-6-10-23(24)34-18-33-27-22(28(34)35)16-20(21-9-8-14-31-26(21)27)15-19-12-13-25(30)32-17-19/h8-9,12-14,16-17,23-24,33H,6-7,10-11,15,18H2,1-5H3/t23-,24-/m0/s1. The zero-order valence-electron chi connectivity index (χ0n) is 22.5. The van der Waals surface area contributed by atoms with E-state index in [4.69, 9.17) is 16.0 Å². The monoisotopic (exact) mass is 536 g/mol. The summed E-state index contributed by atoms with van der Waals surface area (Å²) in [6.07, 6.45) is 8.54. The SMILES string of the molecule is CC(C)(C)[Si](C)(C)O[C@H]1CCCC[C@@H]1N1CNc2c(cc(Cc3ccc(Cl)nc3)c3cccnc23)C1=O. The molecule has 1 saturated carbocycles. The third kappa shape index (κ3) is 5.14. The molecule has 2 aliphatic rings. The van der Waals surface area contributed by atoms with Gasteiger partial charge in [-0.25, -0.2) is 4.98 Å². The van der Waals surface area contributed by atoms with E-state index in [9.17, 15) is 4.79 Å². The Labute approximate surface area is 225 Å². The predicted molar refractivity (Wildman–Crippen MR) is 153 cm³/mol. The van der Waals surface area contributed by atoms with Crippen LogP contribution in [-0.2, 0) is 10.8 Å². The summed E-state index contributed by atoms with van der Waals surface area (Å²) in [6, 6.07) is 9.91. The topological polar surface area (TPSA) is 67.3 Å². The predicted octanol–water partition coefficient (Wildman–Crippen LogP) is 7.03. The van der Waals surface area contributed by atoms with Crippen LogP contribution in [0.2, 0.25) is 23.3 Å². The van der Waals surface area contributed by atoms with Crippen LogP contribution in [0.15, 0.2) is 42.7 Å². The second-order valence-corrected chi connectivity index (χ2v) is 17.0. The van der Waals surface area contributed by atoms with Gasteiger partial charge in [-0.05, 0) is 66.7 Å². The number of aromatic nitrogens is 2. The molecule has 0 spiro atoms. The van der Waals surface area contributed by atoms with Crippen LogP contribution in [0, 0.1) is 0 Å². The van der Waals surface area contributed by atoms with E-state index in [-0.39, 0.29) is 23.1 Å². The number of carbonyl (C=O) groups excluding carboxylic acids is 1. The fraction of sp³-hybridized carbons (Fsp3) is 0.483. The van der Waals surface area contributed by atoms with Crippen molar-refractivity contribution in [2.75, 3.05) is 12.0 Å². The van der Waals surface area contributed by atoms with Crippen LogP contribution in [0.3, 0.4) is 0 Å². The van der Waals surface area contributed by atoms with Gasteiger partial charge in [0.25, 0.3) is 5.91 Å². The molecule has 2 aromatic heterocycles. The summed E-state index contributed by atoms with van der Waals surface area (Å²) in [7, 11) is -1.97. The minimum Gasteiger partial charge on any atom is -0.412 e. The number of carbonyl (C=O) groups is 1. The van der Waals surface area contributed by atoms with Crippen molar-refractivity contribution < 1.29 is 9.22 Å². The Morgan fingerprint density at radius 2 is 1.95 bits per heavy atom. The minimum atomic E-state index is -1.97. The highest BCUT2D eigenvalue weighted by molar-refractivity contribution is 6.74. The van der Waals surface area contributed by atoms with Crippen LogP contribution >= 0.6 is 11.6 Å². The molecule has 0 unspecified atom stereocenters. The van der Waals surface area contributed by atoms with E-state index in [1.807, 2.05) is 23.1 Å². The number of pyridine rings is 2. The molecule has 1 aliphatic carbocycles. The molecule has 0 radical (unpaired) electrons. The molecule has 8 heteroatoms. The first-order chi connectivity index (χ1) is 17.5. The fourth-order valence-electron chi connectivity index (χ4n) is 5.33. The van der Waals surface area contributed by atoms with Crippen molar-refractivity contribution in [1.29, 1.82) is 0 Å². The van der Waals surface area contributed by atoms with Crippen molar-refractivity contribution in [2.24, 2.45) is 0 Å². The summed E-state index contributed by atoms with van der Waals surface area (Å²) in [5.74, 6) is 0.0625. The summed E-state index contributed by atoms with van der Waals surface area (Å²) >= 11 is 6.00. The van der Waals surface area contributed by atoms with Crippen LogP contribution < -0.4 is 5.32 Å². The molecule has 0 bridgehead atoms. The third-order valence-electron chi connectivity index (χ3n) is 8.40. The van der Waals surface area contributed by atoms with Gasteiger partial charge in [-0.2, -0.15) is 0 Å². The number of fused-ring (bicyclic) bond motifs is 3. The first-order valence-electron chi connectivity index (χ1n) is 13.3. The lowest BCUT2D eigenvalue weighted by Gasteiger charge is -2.47. The number of nitrogens with one attached hydrogen (secondary N) is 1. The van der Waals surface area contributed by atoms with Crippen molar-refractivity contribution in [3.63, 3.8) is 0 Å². The first kappa shape index (κ1) is 26.1. The maximum Gasteiger partial charge on any atom is 0.257 e. The molecule has 5 rings (SSSR count). The van der Waals surface area contributed by atoms with E-state index in [1.165, 1.54) is 0 Å². The molecule has 37 heavy (non-hydrogen) atoms. The lowest BCUT2D eigenvalue weighted by molar-refractivity contribution is 0.0243. The van der Waals surface area contributed by atoms with E-state index >= 15 is 0 Å². The third-order valence-corrected chi connectivity index (χ3v) is 13.1. The lowest BCUT2D eigenvalue weighted by atomic mass is 9.90. The normalized spacial score (nSPS) is 20.6. The van der Waals surface area contributed by atoms with Crippen molar-refractivity contribution in [3.05, 3.63) is 64.6 Å². The van der Waals surface area contributed by atoms with Crippen LogP contribution in [0.4, 0.5) is 5.69 Å². The van der Waals surface area contributed by atoms with Gasteiger partial charge in [0.05, 0.1) is 35.6 Å². The fourth-order valence-corrected chi connectivity index (χ4v) is 6.82. The second-order valence-electron chi connectivity index (χ2n) is 11.9. The van der Waals surface area contributed by atoms with Crippen molar-refractivity contribution in [3.8, 4) is 0 Å². The van der Waals surface area contributed by atoms with E-state index < -0.39 is 8.32 Å². The smallest absolute Gasteiger partial charge is 0.257 e. The van der Waals surface area contributed by atoms with E-state index in [2.05, 4.69) is 55.2 Å². The number of anilines is 1. The van der Waals surface area contributed by atoms with Gasteiger partial charge in [0.2, 0.25) is 0 Å². The van der Waals surface area contributed by atoms with E-state index in [0.29, 0.717) is 23.8 Å². The Morgan fingerprint density at radius 3 is 2.68 bits per heavy atom. The van der Waals surface area contributed by atoms with E-state index in [1.54, 1.807) is 18.5 Å². The maximum absolute atomic E-state index is 14.1. The number of amides is 1. The van der Waals surface area contributed by atoms with Gasteiger partial charge in [-0.1, -0.05) is 57.3 Å². The molecule has 2 atom stereocenters. The van der Waals surface area contributed by atoms with Crippen LogP contribution in [-0.4, -0.2) is 47.9 Å². The molecule has 6 nitrogen and oxygen atoms in total. The molecule has 3 aromatic rings. The van der Waals surface area contributed by atoms with Crippen molar-refractivity contribution >= 4 is 42.4 Å². The average Bonchev–Trinajstić information content (AvgIpc) is 2.86. The summed E-state index contributed by atoms with van der Waals surface area (Å²) in [5.41, 5.74) is 4.44. The average molecular weight is 537 g/mol. The molecule has 3 heterocycles. The quantitative estimate of drug-likeness (QED) is 0.280. The Bertz CT molecular complexity index is 1310. The number of hydrogen-bond acceptors (Lipinski definition) is 5. The summed E-state index contributed by atoms with van der Waals surface area (Å²) < 4.78 is 6.92. The molecule has 1 aromatic carbocycles. The second kappa shape index (κ2) is 10.0. The van der Waals surface area contributed by atoms with Gasteiger partial charge in [0, 0.05) is 17.8 Å². The van der Waals surface area contributed by atoms with E-state index in [0.717, 1.165) is 53.4 Å². The van der Waals surface area contributed by atoms with Gasteiger partial charge >= 0.3 is 0 Å². The van der Waals surface area contributed by atoms with Gasteiger partial charge in [0.15, 0.2) is 8.32 Å². The zero-order valence-corrected chi connectivity index (χ0v) is 24.2. The number of nitrogens with zero attached hydrogens (tertiary/aromatic N) is 3. The molecule has 1 amide bonds. The Balaban J connectivity index is 1.49. The highest BCUT2D eigenvalue weighted by atomic mass is 35.5. The number of benzene rings is 1. The first-order valence-corrected chi connectivity index (χ1v) is 16.6. The Kier molecular flexibility index (Phi) is 7.07. The van der Waals surface area contributed by atoms with Crippen LogP contribution in [0.1, 0.15) is 67.9 Å². The van der Waals surface area contributed by atoms with Crippen molar-refractivity contribution in [2.45, 2.75) is 83.2 Å². The van der Waals surface area contributed by atoms with Gasteiger partial charge < -0.3 is 14.6 Å². The minimum absolute atomic E-state index is 0.0625. The molecule has 0 saturated heterocycles. The van der Waals surface area contributed by atoms with Gasteiger partial charge in [-0.15, -0.1) is 0 Å². The van der Waals surface area contributed by atoms with Crippen molar-refractivity contribution in [1.82, 2.24) is 14.9 Å². The number of halogens is 1. The highest BCUT2D eigenvalue weighted by Crippen LogP contribution is 2.41. The molecule has 1 N–H and O–H groups in total. The molecule has 1 aliphatic heterocycles. The highest BCUT2D eigenvalue weighted by Gasteiger charge is 2.44. The molecule has 1 fully saturated rings. The number of hydrogen-bond donors (Lipinski definition) is 1. The number of rotatable bonds is 5. The Morgan fingerprint density at radius 1 is 1.16 bits per heavy atom. The van der Waals surface area contributed by atoms with Gasteiger partial charge in [-0.3, -0.25) is 9.78 Å². The zero-order chi connectivity index (χ0) is 26.4. The molecule has 196 valence electrons. The molecular formula is C29H37ClN4O2Si. The summed E-state index contributed by atoms with van der Waals surface area (Å²) in [5, 5.41) is 5.20. The Hall–Kier alpha value is -2.48. The lowest BCUT2D eigenvalue weighted by Crippen LogP contribution is -2.56. The van der Waals surface area contributed by atoms with Gasteiger partial charge in [0.1, 0.15) is 5.15 Å². The summed E-state index contributed by atoms with van der Waals surface area (Å²) in [4.78, 5) is 25.0. The summed E-state index contributed by atoms with van der Waals surface area (Å²) in [6.45, 7) is 11.9. The van der Waals surface area contributed by atoms with Crippen LogP contribution in [0.5, 0.6) is 0 Å². The largest absolute Gasteiger partial charge is 0.412 e.